The molecule has 0 aromatic carbocycles. The van der Waals surface area contributed by atoms with Crippen molar-refractivity contribution in [2.45, 2.75) is 19.4 Å². The van der Waals surface area contributed by atoms with Gasteiger partial charge in [-0.05, 0) is 6.42 Å². The summed E-state index contributed by atoms with van der Waals surface area (Å²) in [6.45, 7) is 10.3. The third-order valence-electron chi connectivity index (χ3n) is 3.79. The number of amides is 1. The molecular formula is C14H27N3O3. The molecule has 0 aromatic heterocycles. The van der Waals surface area contributed by atoms with E-state index in [0.717, 1.165) is 58.9 Å². The maximum Gasteiger partial charge on any atom is 0.253 e. The molecule has 1 amide bonds. The Morgan fingerprint density at radius 1 is 1.30 bits per heavy atom. The second-order valence-electron chi connectivity index (χ2n) is 5.34. The molecule has 2 heterocycles. The number of carbonyl (C=O) groups is 1. The first-order valence-electron chi connectivity index (χ1n) is 7.72. The SMILES string of the molecule is CCCOCCN1CCN(C(=O)C2CNCCO2)CC1. The van der Waals surface area contributed by atoms with Crippen LogP contribution in [0.15, 0.2) is 0 Å². The molecule has 0 saturated carbocycles. The topological polar surface area (TPSA) is 54.0 Å². The zero-order valence-electron chi connectivity index (χ0n) is 12.5. The molecule has 2 fully saturated rings. The van der Waals surface area contributed by atoms with Gasteiger partial charge < -0.3 is 19.7 Å². The van der Waals surface area contributed by atoms with Crippen molar-refractivity contribution in [1.82, 2.24) is 15.1 Å². The molecule has 6 nitrogen and oxygen atoms in total. The zero-order chi connectivity index (χ0) is 14.2. The Hall–Kier alpha value is -0.690. The van der Waals surface area contributed by atoms with E-state index in [1.54, 1.807) is 0 Å². The molecule has 6 heteroatoms. The maximum absolute atomic E-state index is 12.3. The molecule has 20 heavy (non-hydrogen) atoms. The van der Waals surface area contributed by atoms with Crippen LogP contribution in [0, 0.1) is 0 Å². The minimum Gasteiger partial charge on any atom is -0.380 e. The lowest BCUT2D eigenvalue weighted by atomic mass is 10.2. The molecule has 2 aliphatic heterocycles. The summed E-state index contributed by atoms with van der Waals surface area (Å²) < 4.78 is 11.0. The van der Waals surface area contributed by atoms with Gasteiger partial charge in [0, 0.05) is 52.4 Å². The third-order valence-corrected chi connectivity index (χ3v) is 3.79. The van der Waals surface area contributed by atoms with Crippen LogP contribution in [0.1, 0.15) is 13.3 Å². The molecule has 2 rings (SSSR count). The van der Waals surface area contributed by atoms with Crippen molar-refractivity contribution in [2.24, 2.45) is 0 Å². The van der Waals surface area contributed by atoms with Crippen LogP contribution < -0.4 is 5.32 Å². The molecule has 116 valence electrons. The Bertz CT molecular complexity index is 287. The minimum atomic E-state index is -0.289. The first-order valence-corrected chi connectivity index (χ1v) is 7.72. The summed E-state index contributed by atoms with van der Waals surface area (Å²) in [7, 11) is 0. The smallest absolute Gasteiger partial charge is 0.253 e. The molecule has 0 spiro atoms. The lowest BCUT2D eigenvalue weighted by Crippen LogP contribution is -2.55. The summed E-state index contributed by atoms with van der Waals surface area (Å²) >= 11 is 0. The summed E-state index contributed by atoms with van der Waals surface area (Å²) in [5.74, 6) is 0.138. The summed E-state index contributed by atoms with van der Waals surface area (Å²) in [6, 6.07) is 0. The van der Waals surface area contributed by atoms with Gasteiger partial charge >= 0.3 is 0 Å². The van der Waals surface area contributed by atoms with E-state index in [-0.39, 0.29) is 12.0 Å². The van der Waals surface area contributed by atoms with Crippen molar-refractivity contribution < 1.29 is 14.3 Å². The van der Waals surface area contributed by atoms with Crippen LogP contribution >= 0.6 is 0 Å². The van der Waals surface area contributed by atoms with Crippen molar-refractivity contribution in [1.29, 1.82) is 0 Å². The van der Waals surface area contributed by atoms with Crippen molar-refractivity contribution in [3.05, 3.63) is 0 Å². The highest BCUT2D eigenvalue weighted by atomic mass is 16.5. The van der Waals surface area contributed by atoms with Gasteiger partial charge in [0.1, 0.15) is 6.10 Å². The summed E-state index contributed by atoms with van der Waals surface area (Å²) in [5.41, 5.74) is 0. The average Bonchev–Trinajstić information content (AvgIpc) is 2.52. The second-order valence-corrected chi connectivity index (χ2v) is 5.34. The Morgan fingerprint density at radius 3 is 2.75 bits per heavy atom. The van der Waals surface area contributed by atoms with Crippen molar-refractivity contribution in [3.63, 3.8) is 0 Å². The van der Waals surface area contributed by atoms with E-state index in [1.807, 2.05) is 4.90 Å². The normalized spacial score (nSPS) is 24.9. The van der Waals surface area contributed by atoms with Gasteiger partial charge in [0.15, 0.2) is 0 Å². The predicted molar refractivity (Wildman–Crippen MR) is 76.7 cm³/mol. The molecule has 0 aromatic rings. The van der Waals surface area contributed by atoms with Gasteiger partial charge in [0.2, 0.25) is 0 Å². The van der Waals surface area contributed by atoms with Crippen molar-refractivity contribution in [2.75, 3.05) is 65.6 Å². The molecular weight excluding hydrogens is 258 g/mol. The lowest BCUT2D eigenvalue weighted by Gasteiger charge is -2.37. The van der Waals surface area contributed by atoms with Gasteiger partial charge in [0.05, 0.1) is 13.2 Å². The number of piperazine rings is 1. The molecule has 2 aliphatic rings. The van der Waals surface area contributed by atoms with Gasteiger partial charge in [-0.25, -0.2) is 0 Å². The van der Waals surface area contributed by atoms with Gasteiger partial charge in [0.25, 0.3) is 5.91 Å². The average molecular weight is 285 g/mol. The second kappa shape index (κ2) is 8.56. The van der Waals surface area contributed by atoms with Gasteiger partial charge in [-0.15, -0.1) is 0 Å². The Balaban J connectivity index is 1.64. The van der Waals surface area contributed by atoms with Crippen LogP contribution in [0.3, 0.4) is 0 Å². The maximum atomic E-state index is 12.3. The number of hydrogen-bond donors (Lipinski definition) is 1. The highest BCUT2D eigenvalue weighted by molar-refractivity contribution is 5.81. The highest BCUT2D eigenvalue weighted by Gasteiger charge is 2.29. The van der Waals surface area contributed by atoms with Crippen LogP contribution in [0.25, 0.3) is 0 Å². The fourth-order valence-electron chi connectivity index (χ4n) is 2.56. The molecule has 1 N–H and O–H groups in total. The fraction of sp³-hybridized carbons (Fsp3) is 0.929. The van der Waals surface area contributed by atoms with Gasteiger partial charge in [-0.1, -0.05) is 6.92 Å². The molecule has 0 bridgehead atoms. The summed E-state index contributed by atoms with van der Waals surface area (Å²) in [5, 5.41) is 3.20. The number of morpholine rings is 1. The Kier molecular flexibility index (Phi) is 6.72. The minimum absolute atomic E-state index is 0.138. The van der Waals surface area contributed by atoms with E-state index in [0.29, 0.717) is 13.2 Å². The highest BCUT2D eigenvalue weighted by Crippen LogP contribution is 2.07. The van der Waals surface area contributed by atoms with Crippen LogP contribution in [0.2, 0.25) is 0 Å². The quantitative estimate of drug-likeness (QED) is 0.670. The van der Waals surface area contributed by atoms with E-state index in [2.05, 4.69) is 17.1 Å². The largest absolute Gasteiger partial charge is 0.380 e. The first-order chi connectivity index (χ1) is 9.81. The Morgan fingerprint density at radius 2 is 2.10 bits per heavy atom. The van der Waals surface area contributed by atoms with Crippen LogP contribution in [-0.2, 0) is 14.3 Å². The third kappa shape index (κ3) is 4.70. The zero-order valence-corrected chi connectivity index (χ0v) is 12.5. The molecule has 1 atom stereocenters. The van der Waals surface area contributed by atoms with Crippen molar-refractivity contribution >= 4 is 5.91 Å². The van der Waals surface area contributed by atoms with E-state index >= 15 is 0 Å². The monoisotopic (exact) mass is 285 g/mol. The number of nitrogens with zero attached hydrogens (tertiary/aromatic N) is 2. The number of hydrogen-bond acceptors (Lipinski definition) is 5. The molecule has 2 saturated heterocycles. The number of ether oxygens (including phenoxy) is 2. The number of nitrogens with one attached hydrogen (secondary N) is 1. The predicted octanol–water partition coefficient (Wildman–Crippen LogP) is -0.454. The van der Waals surface area contributed by atoms with E-state index in [1.165, 1.54) is 0 Å². The molecule has 0 radical (unpaired) electrons. The molecule has 0 aliphatic carbocycles. The van der Waals surface area contributed by atoms with Gasteiger partial charge in [-0.2, -0.15) is 0 Å². The number of rotatable bonds is 6. The first kappa shape index (κ1) is 15.7. The standard InChI is InChI=1S/C14H27N3O3/c1-2-9-19-11-8-16-4-6-17(7-5-16)14(18)13-12-15-3-10-20-13/h13,15H,2-12H2,1H3. The van der Waals surface area contributed by atoms with Crippen molar-refractivity contribution in [3.8, 4) is 0 Å². The summed E-state index contributed by atoms with van der Waals surface area (Å²) in [6.07, 6.45) is 0.778. The number of carbonyl (C=O) groups excluding carboxylic acids is 1. The van der Waals surface area contributed by atoms with E-state index < -0.39 is 0 Å². The summed E-state index contributed by atoms with van der Waals surface area (Å²) in [4.78, 5) is 16.6. The fourth-order valence-corrected chi connectivity index (χ4v) is 2.56. The lowest BCUT2D eigenvalue weighted by molar-refractivity contribution is -0.147. The van der Waals surface area contributed by atoms with Crippen LogP contribution in [0.5, 0.6) is 0 Å². The van der Waals surface area contributed by atoms with Crippen LogP contribution in [0.4, 0.5) is 0 Å². The Labute approximate surface area is 121 Å². The molecule has 1 unspecified atom stereocenters. The van der Waals surface area contributed by atoms with Crippen LogP contribution in [-0.4, -0.2) is 87.4 Å². The van der Waals surface area contributed by atoms with E-state index in [9.17, 15) is 4.79 Å². The van der Waals surface area contributed by atoms with E-state index in [4.69, 9.17) is 9.47 Å². The van der Waals surface area contributed by atoms with Gasteiger partial charge in [-0.3, -0.25) is 9.69 Å².